The zero-order valence-electron chi connectivity index (χ0n) is 33.1. The lowest BCUT2D eigenvalue weighted by Crippen LogP contribution is -2.48. The number of piperazine rings is 1. The van der Waals surface area contributed by atoms with E-state index in [1.165, 1.54) is 27.5 Å². The van der Waals surface area contributed by atoms with Gasteiger partial charge in [0.2, 0.25) is 0 Å². The summed E-state index contributed by atoms with van der Waals surface area (Å²) in [6, 6.07) is 30.0. The number of hydrogen-bond acceptors (Lipinski definition) is 7. The van der Waals surface area contributed by atoms with Crippen molar-refractivity contribution >= 4 is 40.6 Å². The third-order valence-electron chi connectivity index (χ3n) is 10.1. The number of amides is 1. The lowest BCUT2D eigenvalue weighted by atomic mass is 9.80. The summed E-state index contributed by atoms with van der Waals surface area (Å²) in [4.78, 5) is 30.5. The summed E-state index contributed by atoms with van der Waals surface area (Å²) < 4.78 is 2.34. The highest BCUT2D eigenvalue weighted by Gasteiger charge is 2.31. The summed E-state index contributed by atoms with van der Waals surface area (Å²) in [5, 5.41) is 18.1. The Morgan fingerprint density at radius 2 is 1.48 bits per heavy atom. The van der Waals surface area contributed by atoms with Gasteiger partial charge in [0.1, 0.15) is 6.29 Å². The van der Waals surface area contributed by atoms with Crippen LogP contribution in [-0.4, -0.2) is 77.4 Å². The highest BCUT2D eigenvalue weighted by atomic mass is 32.2. The van der Waals surface area contributed by atoms with Crippen molar-refractivity contribution in [3.05, 3.63) is 124 Å². The van der Waals surface area contributed by atoms with Crippen molar-refractivity contribution in [1.29, 1.82) is 0 Å². The molecule has 1 fully saturated rings. The monoisotopic (exact) mass is 745 g/mol. The van der Waals surface area contributed by atoms with Gasteiger partial charge in [0.25, 0.3) is 5.91 Å². The van der Waals surface area contributed by atoms with E-state index in [4.69, 9.17) is 10.2 Å². The quantitative estimate of drug-likeness (QED) is 0.127. The van der Waals surface area contributed by atoms with Crippen molar-refractivity contribution in [2.75, 3.05) is 43.8 Å². The standard InChI is InChI=1S/C41H41N3O2S.C4H10O.CH4O/c1-27-12-14-31(15-13-27)38-29(3)39-37-24-32(16-17-34(37)26-44(47-4)40(39)28(2)35(38)18-23-45)41(46)43-21-19-42(20-22-43)25-33-10-7-9-30-8-5-6-11-36(30)33;1-4(2,3)5;1-2/h5-17,23-24H,18-22,25-26H2,1-4H3;5H,1-3H3;2H,1H3. The number of rotatable bonds is 7. The van der Waals surface area contributed by atoms with E-state index in [1.54, 1.807) is 32.7 Å². The van der Waals surface area contributed by atoms with Crippen molar-refractivity contribution in [3.63, 3.8) is 0 Å². The first-order chi connectivity index (χ1) is 25.9. The topological polar surface area (TPSA) is 84.3 Å². The fraction of sp³-hybridized carbons (Fsp3) is 0.348. The maximum atomic E-state index is 14.0. The first-order valence-electron chi connectivity index (χ1n) is 18.6. The molecular formula is C46H55N3O4S. The minimum atomic E-state index is -0.500. The molecular weight excluding hydrogens is 691 g/mol. The van der Waals surface area contributed by atoms with E-state index in [0.29, 0.717) is 19.5 Å². The number of aryl methyl sites for hydroxylation is 1. The summed E-state index contributed by atoms with van der Waals surface area (Å²) >= 11 is 1.70. The predicted octanol–water partition coefficient (Wildman–Crippen LogP) is 8.78. The first kappa shape index (κ1) is 40.7. The van der Waals surface area contributed by atoms with Crippen LogP contribution in [0.4, 0.5) is 5.69 Å². The smallest absolute Gasteiger partial charge is 0.253 e. The minimum Gasteiger partial charge on any atom is -0.400 e. The second kappa shape index (κ2) is 17.8. The fourth-order valence-corrected chi connectivity index (χ4v) is 8.25. The number of anilines is 1. The molecule has 8 heteroatoms. The van der Waals surface area contributed by atoms with Crippen LogP contribution in [0.3, 0.4) is 0 Å². The highest BCUT2D eigenvalue weighted by Crippen LogP contribution is 2.50. The van der Waals surface area contributed by atoms with Crippen LogP contribution in [-0.2, 0) is 24.3 Å². The van der Waals surface area contributed by atoms with Crippen LogP contribution in [0, 0.1) is 20.8 Å². The van der Waals surface area contributed by atoms with E-state index < -0.39 is 5.60 Å². The van der Waals surface area contributed by atoms with Crippen LogP contribution in [0.25, 0.3) is 33.0 Å². The molecule has 2 aliphatic heterocycles. The average molecular weight is 746 g/mol. The van der Waals surface area contributed by atoms with Crippen molar-refractivity contribution in [2.45, 2.75) is 66.7 Å². The van der Waals surface area contributed by atoms with E-state index >= 15 is 0 Å². The van der Waals surface area contributed by atoms with Crippen molar-refractivity contribution < 1.29 is 19.8 Å². The maximum absolute atomic E-state index is 14.0. The summed E-state index contributed by atoms with van der Waals surface area (Å²) in [5.41, 5.74) is 13.0. The molecule has 0 unspecified atom stereocenters. The molecule has 54 heavy (non-hydrogen) atoms. The van der Waals surface area contributed by atoms with Gasteiger partial charge in [-0.25, -0.2) is 0 Å². The maximum Gasteiger partial charge on any atom is 0.253 e. The number of hydrogen-bond donors (Lipinski definition) is 2. The summed E-state index contributed by atoms with van der Waals surface area (Å²) in [6.07, 6.45) is 3.49. The van der Waals surface area contributed by atoms with E-state index in [1.807, 2.05) is 11.0 Å². The van der Waals surface area contributed by atoms with Crippen LogP contribution in [0.1, 0.15) is 64.5 Å². The van der Waals surface area contributed by atoms with Gasteiger partial charge in [-0.1, -0.05) is 90.3 Å². The van der Waals surface area contributed by atoms with Crippen LogP contribution >= 0.6 is 11.9 Å². The van der Waals surface area contributed by atoms with Gasteiger partial charge in [0.05, 0.1) is 17.8 Å². The second-order valence-corrected chi connectivity index (χ2v) is 15.8. The van der Waals surface area contributed by atoms with Crippen LogP contribution in [0.15, 0.2) is 84.9 Å². The molecule has 284 valence electrons. The number of benzene rings is 5. The Kier molecular flexibility index (Phi) is 13.4. The Hall–Kier alpha value is -4.47. The Morgan fingerprint density at radius 3 is 2.13 bits per heavy atom. The second-order valence-electron chi connectivity index (χ2n) is 15.0. The molecule has 1 saturated heterocycles. The molecule has 2 N–H and O–H groups in total. The number of carbonyl (C=O) groups is 2. The van der Waals surface area contributed by atoms with Crippen LogP contribution in [0.2, 0.25) is 0 Å². The molecule has 5 aromatic carbocycles. The Bertz CT molecular complexity index is 2090. The molecule has 7 rings (SSSR count). The number of aliphatic hydroxyl groups excluding tert-OH is 1. The third-order valence-corrected chi connectivity index (χ3v) is 10.8. The zero-order chi connectivity index (χ0) is 39.2. The van der Waals surface area contributed by atoms with Gasteiger partial charge < -0.3 is 24.2 Å². The Morgan fingerprint density at radius 1 is 0.833 bits per heavy atom. The average Bonchev–Trinajstić information content (AvgIpc) is 3.17. The Labute approximate surface area is 325 Å². The molecule has 0 aromatic heterocycles. The van der Waals surface area contributed by atoms with E-state index in [0.717, 1.165) is 89.8 Å². The molecule has 2 heterocycles. The Balaban J connectivity index is 0.000000742. The van der Waals surface area contributed by atoms with Gasteiger partial charge in [0, 0.05) is 63.6 Å². The predicted molar refractivity (Wildman–Crippen MR) is 226 cm³/mol. The molecule has 0 bridgehead atoms. The minimum absolute atomic E-state index is 0.0946. The summed E-state index contributed by atoms with van der Waals surface area (Å²) in [6.45, 7) is 16.4. The number of fused-ring (bicyclic) bond motifs is 4. The van der Waals surface area contributed by atoms with Gasteiger partial charge in [-0.15, -0.1) is 0 Å². The van der Waals surface area contributed by atoms with E-state index in [9.17, 15) is 9.59 Å². The molecule has 5 aromatic rings. The van der Waals surface area contributed by atoms with Gasteiger partial charge in [0.15, 0.2) is 0 Å². The number of carbonyl (C=O) groups excluding carboxylic acids is 2. The van der Waals surface area contributed by atoms with Gasteiger partial charge in [-0.2, -0.15) is 0 Å². The largest absolute Gasteiger partial charge is 0.400 e. The van der Waals surface area contributed by atoms with Gasteiger partial charge in [-0.3, -0.25) is 9.69 Å². The normalized spacial score (nSPS) is 14.0. The van der Waals surface area contributed by atoms with E-state index in [2.05, 4.69) is 115 Å². The molecule has 0 radical (unpaired) electrons. The lowest BCUT2D eigenvalue weighted by molar-refractivity contribution is -0.107. The lowest BCUT2D eigenvalue weighted by Gasteiger charge is -2.37. The van der Waals surface area contributed by atoms with Crippen molar-refractivity contribution in [1.82, 2.24) is 9.80 Å². The third kappa shape index (κ3) is 9.07. The fourth-order valence-electron chi connectivity index (χ4n) is 7.57. The highest BCUT2D eigenvalue weighted by molar-refractivity contribution is 7.99. The van der Waals surface area contributed by atoms with E-state index in [-0.39, 0.29) is 5.91 Å². The van der Waals surface area contributed by atoms with Gasteiger partial charge >= 0.3 is 0 Å². The molecule has 2 aliphatic rings. The molecule has 1 amide bonds. The molecule has 7 nitrogen and oxygen atoms in total. The number of nitrogens with zero attached hydrogens (tertiary/aromatic N) is 3. The molecule has 0 atom stereocenters. The van der Waals surface area contributed by atoms with Gasteiger partial charge in [-0.05, 0) is 109 Å². The SMILES string of the molecule is CC(C)(C)O.CO.CSN1Cc2ccc(C(=O)N3CCN(Cc4cccc5ccccc45)CC3)cc2-c2c(C)c(-c3ccc(C)cc3)c(CC=O)c(C)c21. The first-order valence-corrected chi connectivity index (χ1v) is 19.8. The van der Waals surface area contributed by atoms with Crippen LogP contribution in [0.5, 0.6) is 0 Å². The molecule has 0 saturated carbocycles. The number of aliphatic hydroxyl groups is 2. The molecule has 0 spiro atoms. The summed E-state index contributed by atoms with van der Waals surface area (Å²) in [5.74, 6) is 0.0946. The molecule has 0 aliphatic carbocycles. The van der Waals surface area contributed by atoms with Crippen LogP contribution < -0.4 is 4.31 Å². The zero-order valence-corrected chi connectivity index (χ0v) is 33.9. The van der Waals surface area contributed by atoms with Crippen molar-refractivity contribution in [2.24, 2.45) is 0 Å². The number of aldehydes is 1. The van der Waals surface area contributed by atoms with Crippen molar-refractivity contribution in [3.8, 4) is 22.3 Å². The summed E-state index contributed by atoms with van der Waals surface area (Å²) in [7, 11) is 1.00.